The van der Waals surface area contributed by atoms with Gasteiger partial charge in [0.05, 0.1) is 0 Å². The van der Waals surface area contributed by atoms with Crippen LogP contribution >= 0.6 is 0 Å². The molecule has 1 aromatic rings. The van der Waals surface area contributed by atoms with Gasteiger partial charge in [0, 0.05) is 6.42 Å². The minimum Gasteiger partial charge on any atom is -0.480 e. The molecule has 1 rings (SSSR count). The summed E-state index contributed by atoms with van der Waals surface area (Å²) in [5, 5.41) is 11.6. The summed E-state index contributed by atoms with van der Waals surface area (Å²) in [5.74, 6) is -0.547. The first kappa shape index (κ1) is 15.3. The Bertz CT molecular complexity index is 450. The van der Waals surface area contributed by atoms with Crippen molar-refractivity contribution in [2.24, 2.45) is 0 Å². The van der Waals surface area contributed by atoms with Gasteiger partial charge in [0.15, 0.2) is 5.76 Å². The van der Waals surface area contributed by atoms with Gasteiger partial charge in [0.25, 0.3) is 5.91 Å². The van der Waals surface area contributed by atoms with Crippen molar-refractivity contribution >= 4 is 11.9 Å². The van der Waals surface area contributed by atoms with Gasteiger partial charge < -0.3 is 14.8 Å². The third kappa shape index (κ3) is 4.12. The van der Waals surface area contributed by atoms with E-state index < -0.39 is 17.9 Å². The molecule has 0 spiro atoms. The molecular weight excluding hydrogens is 246 g/mol. The average molecular weight is 267 g/mol. The van der Waals surface area contributed by atoms with Crippen molar-refractivity contribution < 1.29 is 19.1 Å². The maximum absolute atomic E-state index is 11.9. The van der Waals surface area contributed by atoms with Crippen molar-refractivity contribution in [3.8, 4) is 0 Å². The van der Waals surface area contributed by atoms with Crippen molar-refractivity contribution in [2.75, 3.05) is 0 Å². The van der Waals surface area contributed by atoms with Crippen LogP contribution in [0.1, 0.15) is 55.0 Å². The van der Waals surface area contributed by atoms with Gasteiger partial charge in [-0.15, -0.1) is 0 Å². The van der Waals surface area contributed by atoms with E-state index in [0.717, 1.165) is 24.2 Å². The number of aryl methyl sites for hydroxylation is 2. The molecule has 1 aromatic heterocycles. The van der Waals surface area contributed by atoms with E-state index in [0.29, 0.717) is 12.8 Å². The Morgan fingerprint density at radius 2 is 2.11 bits per heavy atom. The van der Waals surface area contributed by atoms with Gasteiger partial charge in [-0.2, -0.15) is 0 Å². The van der Waals surface area contributed by atoms with Crippen LogP contribution in [0.3, 0.4) is 0 Å². The lowest BCUT2D eigenvalue weighted by molar-refractivity contribution is -0.139. The Balaban J connectivity index is 2.72. The number of hydrogen-bond donors (Lipinski definition) is 2. The second-order valence-corrected chi connectivity index (χ2v) is 4.58. The zero-order chi connectivity index (χ0) is 14.4. The van der Waals surface area contributed by atoms with E-state index in [1.54, 1.807) is 6.07 Å². The lowest BCUT2D eigenvalue weighted by Crippen LogP contribution is -2.40. The summed E-state index contributed by atoms with van der Waals surface area (Å²) >= 11 is 0. The first-order valence-electron chi connectivity index (χ1n) is 6.62. The number of carbonyl (C=O) groups excluding carboxylic acids is 1. The number of amides is 1. The quantitative estimate of drug-likeness (QED) is 0.795. The summed E-state index contributed by atoms with van der Waals surface area (Å²) < 4.78 is 5.41. The molecule has 0 aliphatic heterocycles. The number of nitrogens with one attached hydrogen (secondary N) is 1. The fourth-order valence-electron chi connectivity index (χ4n) is 1.88. The molecule has 0 fully saturated rings. The van der Waals surface area contributed by atoms with Crippen LogP contribution in [0.15, 0.2) is 10.5 Å². The van der Waals surface area contributed by atoms with E-state index >= 15 is 0 Å². The highest BCUT2D eigenvalue weighted by Gasteiger charge is 2.22. The number of carboxylic acids is 1. The van der Waals surface area contributed by atoms with Crippen molar-refractivity contribution in [2.45, 2.75) is 52.5 Å². The van der Waals surface area contributed by atoms with Crippen molar-refractivity contribution in [1.29, 1.82) is 0 Å². The minimum atomic E-state index is -1.01. The average Bonchev–Trinajstić information content (AvgIpc) is 2.75. The molecule has 1 atom stereocenters. The molecule has 0 bridgehead atoms. The van der Waals surface area contributed by atoms with E-state index in [1.807, 2.05) is 20.8 Å². The van der Waals surface area contributed by atoms with E-state index in [1.165, 1.54) is 0 Å². The molecule has 0 unspecified atom stereocenters. The molecule has 1 amide bonds. The Morgan fingerprint density at radius 1 is 1.42 bits per heavy atom. The van der Waals surface area contributed by atoms with Crippen molar-refractivity contribution in [3.63, 3.8) is 0 Å². The second-order valence-electron chi connectivity index (χ2n) is 4.58. The van der Waals surface area contributed by atoms with Gasteiger partial charge in [0.2, 0.25) is 0 Å². The standard InChI is InChI=1S/C14H21NO4/c1-4-6-7-10(14(17)18)15-13(16)12-8-9(3)11(5-2)19-12/h8,10H,4-7H2,1-3H3,(H,15,16)(H,17,18)/t10-/m0/s1. The fourth-order valence-corrected chi connectivity index (χ4v) is 1.88. The molecule has 2 N–H and O–H groups in total. The second kappa shape index (κ2) is 6.97. The maximum Gasteiger partial charge on any atom is 0.326 e. The van der Waals surface area contributed by atoms with Crippen LogP contribution in [0, 0.1) is 6.92 Å². The zero-order valence-electron chi connectivity index (χ0n) is 11.7. The van der Waals surface area contributed by atoms with Crippen molar-refractivity contribution in [1.82, 2.24) is 5.32 Å². The Kier molecular flexibility index (Phi) is 5.60. The number of carbonyl (C=O) groups is 2. The van der Waals surface area contributed by atoms with Crippen molar-refractivity contribution in [3.05, 3.63) is 23.2 Å². The Morgan fingerprint density at radius 3 is 2.58 bits per heavy atom. The molecule has 5 nitrogen and oxygen atoms in total. The van der Waals surface area contributed by atoms with Crippen LogP contribution in [0.4, 0.5) is 0 Å². The molecule has 1 heterocycles. The van der Waals surface area contributed by atoms with Crippen LogP contribution < -0.4 is 5.32 Å². The smallest absolute Gasteiger partial charge is 0.326 e. The third-order valence-corrected chi connectivity index (χ3v) is 3.02. The van der Waals surface area contributed by atoms with Crippen LogP contribution in [0.5, 0.6) is 0 Å². The van der Waals surface area contributed by atoms with Crippen LogP contribution in [0.2, 0.25) is 0 Å². The molecule has 0 saturated carbocycles. The fraction of sp³-hybridized carbons (Fsp3) is 0.571. The number of carboxylic acid groups (broad SMARTS) is 1. The molecular formula is C14H21NO4. The van der Waals surface area contributed by atoms with Crippen LogP contribution in [0.25, 0.3) is 0 Å². The number of unbranched alkanes of at least 4 members (excludes halogenated alkanes) is 1. The predicted molar refractivity (Wildman–Crippen MR) is 71.2 cm³/mol. The topological polar surface area (TPSA) is 79.5 Å². The first-order chi connectivity index (χ1) is 8.99. The lowest BCUT2D eigenvalue weighted by atomic mass is 10.1. The molecule has 0 radical (unpaired) electrons. The first-order valence-corrected chi connectivity index (χ1v) is 6.62. The molecule has 19 heavy (non-hydrogen) atoms. The number of rotatable bonds is 7. The number of hydrogen-bond acceptors (Lipinski definition) is 3. The summed E-state index contributed by atoms with van der Waals surface area (Å²) in [7, 11) is 0. The van der Waals surface area contributed by atoms with E-state index in [2.05, 4.69) is 5.32 Å². The summed E-state index contributed by atoms with van der Waals surface area (Å²) in [4.78, 5) is 23.0. The summed E-state index contributed by atoms with van der Waals surface area (Å²) in [6.07, 6.45) is 2.78. The summed E-state index contributed by atoms with van der Waals surface area (Å²) in [5.41, 5.74) is 0.910. The van der Waals surface area contributed by atoms with Gasteiger partial charge in [-0.1, -0.05) is 26.7 Å². The SMILES string of the molecule is CCCC[C@H](NC(=O)c1cc(C)c(CC)o1)C(=O)O. The molecule has 0 saturated heterocycles. The highest BCUT2D eigenvalue weighted by Crippen LogP contribution is 2.15. The Hall–Kier alpha value is -1.78. The number of furan rings is 1. The summed E-state index contributed by atoms with van der Waals surface area (Å²) in [6.45, 7) is 5.78. The molecule has 106 valence electrons. The number of aliphatic carboxylic acids is 1. The van der Waals surface area contributed by atoms with Gasteiger partial charge in [0.1, 0.15) is 11.8 Å². The lowest BCUT2D eigenvalue weighted by Gasteiger charge is -2.12. The van der Waals surface area contributed by atoms with Crippen LogP contribution in [-0.4, -0.2) is 23.0 Å². The van der Waals surface area contributed by atoms with Gasteiger partial charge in [-0.3, -0.25) is 4.79 Å². The van der Waals surface area contributed by atoms with Gasteiger partial charge in [-0.25, -0.2) is 4.79 Å². The highest BCUT2D eigenvalue weighted by atomic mass is 16.4. The Labute approximate surface area is 113 Å². The molecule has 0 aliphatic carbocycles. The highest BCUT2D eigenvalue weighted by molar-refractivity contribution is 5.94. The largest absolute Gasteiger partial charge is 0.480 e. The van der Waals surface area contributed by atoms with Crippen LogP contribution in [-0.2, 0) is 11.2 Å². The van der Waals surface area contributed by atoms with E-state index in [4.69, 9.17) is 9.52 Å². The van der Waals surface area contributed by atoms with Gasteiger partial charge in [-0.05, 0) is 25.0 Å². The maximum atomic E-state index is 11.9. The molecule has 0 aromatic carbocycles. The zero-order valence-corrected chi connectivity index (χ0v) is 11.7. The normalized spacial score (nSPS) is 12.2. The predicted octanol–water partition coefficient (Wildman–Crippen LogP) is 2.52. The third-order valence-electron chi connectivity index (χ3n) is 3.02. The monoisotopic (exact) mass is 267 g/mol. The molecule has 0 aliphatic rings. The summed E-state index contributed by atoms with van der Waals surface area (Å²) in [6, 6.07) is 0.787. The van der Waals surface area contributed by atoms with E-state index in [9.17, 15) is 9.59 Å². The molecule has 5 heteroatoms. The van der Waals surface area contributed by atoms with E-state index in [-0.39, 0.29) is 5.76 Å². The van der Waals surface area contributed by atoms with Gasteiger partial charge >= 0.3 is 5.97 Å². The minimum absolute atomic E-state index is 0.178.